The number of rotatable bonds is 5. The van der Waals surface area contributed by atoms with Gasteiger partial charge in [0.1, 0.15) is 0 Å². The Labute approximate surface area is 134 Å². The molecule has 0 saturated carbocycles. The molecule has 5 nitrogen and oxygen atoms in total. The molecule has 0 aliphatic carbocycles. The Bertz CT molecular complexity index is 698. The van der Waals surface area contributed by atoms with Gasteiger partial charge in [0.15, 0.2) is 9.84 Å². The summed E-state index contributed by atoms with van der Waals surface area (Å²) in [5.74, 6) is -0.0174. The van der Waals surface area contributed by atoms with Crippen molar-refractivity contribution < 1.29 is 16.8 Å². The number of halogens is 1. The topological polar surface area (TPSA) is 71.5 Å². The van der Waals surface area contributed by atoms with Gasteiger partial charge in [-0.05, 0) is 37.1 Å². The molecule has 1 saturated heterocycles. The van der Waals surface area contributed by atoms with Crippen molar-refractivity contribution in [3.8, 4) is 0 Å². The third kappa shape index (κ3) is 3.85. The van der Waals surface area contributed by atoms with Crippen molar-refractivity contribution in [1.82, 2.24) is 4.31 Å². The molecule has 1 aliphatic rings. The summed E-state index contributed by atoms with van der Waals surface area (Å²) in [4.78, 5) is 0.198. The molecule has 21 heavy (non-hydrogen) atoms. The van der Waals surface area contributed by atoms with Crippen LogP contribution in [0.5, 0.6) is 0 Å². The fourth-order valence-corrected chi connectivity index (χ4v) is 6.30. The van der Waals surface area contributed by atoms with E-state index in [0.29, 0.717) is 19.4 Å². The van der Waals surface area contributed by atoms with Gasteiger partial charge in [-0.15, -0.1) is 0 Å². The summed E-state index contributed by atoms with van der Waals surface area (Å²) in [6.45, 7) is 2.21. The Morgan fingerprint density at radius 1 is 1.29 bits per heavy atom. The van der Waals surface area contributed by atoms with Gasteiger partial charge in [0.2, 0.25) is 10.0 Å². The van der Waals surface area contributed by atoms with Crippen molar-refractivity contribution in [1.29, 1.82) is 0 Å². The predicted molar refractivity (Wildman–Crippen MR) is 85.4 cm³/mol. The second-order valence-electron chi connectivity index (χ2n) is 5.13. The first-order valence-electron chi connectivity index (χ1n) is 6.74. The molecule has 1 aliphatic heterocycles. The van der Waals surface area contributed by atoms with Gasteiger partial charge in [-0.1, -0.05) is 22.9 Å². The molecule has 1 heterocycles. The molecule has 0 spiro atoms. The second-order valence-corrected chi connectivity index (χ2v) is 10.2. The molecular weight excluding hydrogens is 378 g/mol. The van der Waals surface area contributed by atoms with Gasteiger partial charge in [-0.2, -0.15) is 4.31 Å². The fourth-order valence-electron chi connectivity index (χ4n) is 2.46. The van der Waals surface area contributed by atoms with E-state index in [0.717, 1.165) is 4.47 Å². The van der Waals surface area contributed by atoms with Crippen LogP contribution in [0.15, 0.2) is 33.6 Å². The summed E-state index contributed by atoms with van der Waals surface area (Å²) in [5, 5.41) is 0. The van der Waals surface area contributed by atoms with E-state index in [2.05, 4.69) is 15.9 Å². The van der Waals surface area contributed by atoms with Crippen LogP contribution in [0.25, 0.3) is 0 Å². The molecule has 0 N–H and O–H groups in total. The number of sulfonamides is 1. The van der Waals surface area contributed by atoms with E-state index >= 15 is 0 Å². The highest BCUT2D eigenvalue weighted by atomic mass is 79.9. The maximum Gasteiger partial charge on any atom is 0.243 e. The summed E-state index contributed by atoms with van der Waals surface area (Å²) >= 11 is 3.27. The van der Waals surface area contributed by atoms with Gasteiger partial charge in [0.05, 0.1) is 16.4 Å². The average Bonchev–Trinajstić information content (AvgIpc) is 2.76. The van der Waals surface area contributed by atoms with Crippen LogP contribution in [0.2, 0.25) is 0 Å². The minimum Gasteiger partial charge on any atom is -0.229 e. The minimum absolute atomic E-state index is 0.0632. The third-order valence-electron chi connectivity index (χ3n) is 3.48. The van der Waals surface area contributed by atoms with Gasteiger partial charge in [0, 0.05) is 17.1 Å². The smallest absolute Gasteiger partial charge is 0.229 e. The highest BCUT2D eigenvalue weighted by Gasteiger charge is 2.38. The van der Waals surface area contributed by atoms with Gasteiger partial charge >= 0.3 is 0 Å². The molecule has 8 heteroatoms. The SMILES string of the molecule is CCCN(C1CCS(=O)(=O)C1)S(=O)(=O)c1ccc(Br)cc1. The van der Waals surface area contributed by atoms with Crippen LogP contribution in [0.4, 0.5) is 0 Å². The van der Waals surface area contributed by atoms with Gasteiger partial charge in [-0.25, -0.2) is 16.8 Å². The largest absolute Gasteiger partial charge is 0.243 e. The van der Waals surface area contributed by atoms with Crippen LogP contribution in [-0.4, -0.2) is 45.2 Å². The second kappa shape index (κ2) is 6.36. The summed E-state index contributed by atoms with van der Waals surface area (Å²) < 4.78 is 50.9. The monoisotopic (exact) mass is 395 g/mol. The van der Waals surface area contributed by atoms with Crippen molar-refractivity contribution in [3.63, 3.8) is 0 Å². The Kier molecular flexibility index (Phi) is 5.12. The summed E-state index contributed by atoms with van der Waals surface area (Å²) in [5.41, 5.74) is 0. The van der Waals surface area contributed by atoms with Crippen LogP contribution in [0.3, 0.4) is 0 Å². The van der Waals surface area contributed by atoms with Crippen molar-refractivity contribution >= 4 is 35.8 Å². The number of hydrogen-bond donors (Lipinski definition) is 0. The lowest BCUT2D eigenvalue weighted by Gasteiger charge is -2.27. The van der Waals surface area contributed by atoms with E-state index in [1.807, 2.05) is 6.92 Å². The minimum atomic E-state index is -3.67. The molecule has 1 aromatic rings. The zero-order valence-electron chi connectivity index (χ0n) is 11.7. The third-order valence-corrected chi connectivity index (χ3v) is 7.72. The van der Waals surface area contributed by atoms with Crippen molar-refractivity contribution in [2.24, 2.45) is 0 Å². The molecule has 0 radical (unpaired) electrons. The zero-order valence-corrected chi connectivity index (χ0v) is 14.9. The summed E-state index contributed by atoms with van der Waals surface area (Å²) in [7, 11) is -6.79. The van der Waals surface area contributed by atoms with E-state index in [1.165, 1.54) is 16.4 Å². The molecule has 118 valence electrons. The predicted octanol–water partition coefficient (Wildman–Crippen LogP) is 2.04. The molecule has 0 amide bonds. The summed E-state index contributed by atoms with van der Waals surface area (Å²) in [6, 6.07) is 5.95. The Morgan fingerprint density at radius 3 is 2.38 bits per heavy atom. The molecule has 1 atom stereocenters. The Balaban J connectivity index is 2.35. The lowest BCUT2D eigenvalue weighted by atomic mass is 10.2. The van der Waals surface area contributed by atoms with Crippen LogP contribution in [-0.2, 0) is 19.9 Å². The van der Waals surface area contributed by atoms with E-state index in [9.17, 15) is 16.8 Å². The number of hydrogen-bond acceptors (Lipinski definition) is 4. The number of sulfone groups is 1. The highest BCUT2D eigenvalue weighted by Crippen LogP contribution is 2.26. The molecule has 1 unspecified atom stereocenters. The molecular formula is C13H18BrNO4S2. The van der Waals surface area contributed by atoms with Gasteiger partial charge < -0.3 is 0 Å². The standard InChI is InChI=1S/C13H18BrNO4S2/c1-2-8-15(12-7-9-20(16,17)10-12)21(18,19)13-5-3-11(14)4-6-13/h3-6,12H,2,7-10H2,1H3. The molecule has 2 rings (SSSR count). The maximum atomic E-state index is 12.7. The lowest BCUT2D eigenvalue weighted by Crippen LogP contribution is -2.41. The first-order valence-corrected chi connectivity index (χ1v) is 10.8. The van der Waals surface area contributed by atoms with Gasteiger partial charge in [0.25, 0.3) is 0 Å². The van der Waals surface area contributed by atoms with E-state index in [4.69, 9.17) is 0 Å². The van der Waals surface area contributed by atoms with Crippen LogP contribution in [0.1, 0.15) is 19.8 Å². The quantitative estimate of drug-likeness (QED) is 0.764. The maximum absolute atomic E-state index is 12.7. The van der Waals surface area contributed by atoms with Crippen molar-refractivity contribution in [3.05, 3.63) is 28.7 Å². The zero-order chi connectivity index (χ0) is 15.7. The first-order chi connectivity index (χ1) is 9.76. The number of nitrogens with zero attached hydrogens (tertiary/aromatic N) is 1. The average molecular weight is 396 g/mol. The van der Waals surface area contributed by atoms with Crippen LogP contribution < -0.4 is 0 Å². The van der Waals surface area contributed by atoms with Gasteiger partial charge in [-0.3, -0.25) is 0 Å². The Hall–Kier alpha value is -0.440. The first kappa shape index (κ1) is 16.9. The number of benzene rings is 1. The van der Waals surface area contributed by atoms with Crippen molar-refractivity contribution in [2.75, 3.05) is 18.1 Å². The summed E-state index contributed by atoms with van der Waals surface area (Å²) in [6.07, 6.45) is 1.02. The van der Waals surface area contributed by atoms with Crippen LogP contribution in [0, 0.1) is 0 Å². The fraction of sp³-hybridized carbons (Fsp3) is 0.538. The van der Waals surface area contributed by atoms with Crippen molar-refractivity contribution in [2.45, 2.75) is 30.7 Å². The molecule has 1 aromatic carbocycles. The van der Waals surface area contributed by atoms with E-state index in [-0.39, 0.29) is 16.4 Å². The van der Waals surface area contributed by atoms with E-state index in [1.54, 1.807) is 12.1 Å². The van der Waals surface area contributed by atoms with E-state index < -0.39 is 25.9 Å². The normalized spacial score (nSPS) is 21.8. The molecule has 0 bridgehead atoms. The highest BCUT2D eigenvalue weighted by molar-refractivity contribution is 9.10. The molecule has 1 fully saturated rings. The lowest BCUT2D eigenvalue weighted by molar-refractivity contribution is 0.340. The Morgan fingerprint density at radius 2 is 1.90 bits per heavy atom. The molecule has 0 aromatic heterocycles. The van der Waals surface area contributed by atoms with Crippen LogP contribution >= 0.6 is 15.9 Å².